The zero-order chi connectivity index (χ0) is 18.0. The van der Waals surface area contributed by atoms with E-state index in [0.717, 1.165) is 17.0 Å². The first-order valence-electron chi connectivity index (χ1n) is 8.73. The fourth-order valence-electron chi connectivity index (χ4n) is 3.11. The predicted octanol–water partition coefficient (Wildman–Crippen LogP) is 3.54. The number of benzene rings is 1. The highest BCUT2D eigenvalue weighted by molar-refractivity contribution is 5.95. The molecule has 0 saturated heterocycles. The molecule has 1 saturated carbocycles. The molecule has 0 bridgehead atoms. The molecule has 0 aliphatic heterocycles. The summed E-state index contributed by atoms with van der Waals surface area (Å²) in [5, 5.41) is 0. The van der Waals surface area contributed by atoms with E-state index in [1.165, 1.54) is 12.8 Å². The van der Waals surface area contributed by atoms with Gasteiger partial charge in [-0.1, -0.05) is 12.1 Å². The molecular formula is C20H25N3O2. The van der Waals surface area contributed by atoms with Crippen molar-refractivity contribution in [2.24, 2.45) is 5.92 Å². The van der Waals surface area contributed by atoms with Crippen molar-refractivity contribution in [1.29, 1.82) is 0 Å². The number of aryl methyl sites for hydroxylation is 2. The fraction of sp³-hybridized carbons (Fsp3) is 0.450. The highest BCUT2D eigenvalue weighted by Crippen LogP contribution is 2.36. The van der Waals surface area contributed by atoms with Gasteiger partial charge in [-0.05, 0) is 57.2 Å². The monoisotopic (exact) mass is 339 g/mol. The van der Waals surface area contributed by atoms with Crippen molar-refractivity contribution in [3.05, 3.63) is 53.1 Å². The van der Waals surface area contributed by atoms with Crippen molar-refractivity contribution in [3.8, 4) is 5.75 Å². The molecule has 1 amide bonds. The Labute approximate surface area is 149 Å². The first kappa shape index (κ1) is 17.4. The second kappa shape index (κ2) is 7.21. The van der Waals surface area contributed by atoms with Gasteiger partial charge in [-0.3, -0.25) is 4.79 Å². The summed E-state index contributed by atoms with van der Waals surface area (Å²) in [6, 6.07) is 8.09. The van der Waals surface area contributed by atoms with E-state index in [9.17, 15) is 4.79 Å². The molecule has 1 atom stereocenters. The lowest BCUT2D eigenvalue weighted by molar-refractivity contribution is 0.0652. The smallest absolute Gasteiger partial charge is 0.257 e. The quantitative estimate of drug-likeness (QED) is 0.808. The van der Waals surface area contributed by atoms with Crippen LogP contribution in [0.25, 0.3) is 0 Å². The summed E-state index contributed by atoms with van der Waals surface area (Å²) in [7, 11) is 1.65. The summed E-state index contributed by atoms with van der Waals surface area (Å²) in [5.74, 6) is 2.10. The van der Waals surface area contributed by atoms with Gasteiger partial charge >= 0.3 is 0 Å². The second-order valence-electron chi connectivity index (χ2n) is 6.78. The average molecular weight is 339 g/mol. The number of hydrogen-bond donors (Lipinski definition) is 0. The van der Waals surface area contributed by atoms with E-state index < -0.39 is 0 Å². The summed E-state index contributed by atoms with van der Waals surface area (Å²) < 4.78 is 5.22. The highest BCUT2D eigenvalue weighted by Gasteiger charge is 2.35. The van der Waals surface area contributed by atoms with Crippen LogP contribution in [0.2, 0.25) is 0 Å². The summed E-state index contributed by atoms with van der Waals surface area (Å²) in [6.07, 6.45) is 4.04. The SMILES string of the molecule is COc1ccc(CN(C(=O)c2cnc(C)nc2C)[C@H](C)C2CC2)cc1. The van der Waals surface area contributed by atoms with E-state index in [1.54, 1.807) is 13.3 Å². The largest absolute Gasteiger partial charge is 0.497 e. The maximum absolute atomic E-state index is 13.2. The van der Waals surface area contributed by atoms with Crippen molar-refractivity contribution in [2.75, 3.05) is 7.11 Å². The third-order valence-electron chi connectivity index (χ3n) is 4.90. The van der Waals surface area contributed by atoms with Gasteiger partial charge in [0.2, 0.25) is 0 Å². The van der Waals surface area contributed by atoms with Gasteiger partial charge in [-0.15, -0.1) is 0 Å². The summed E-state index contributed by atoms with van der Waals surface area (Å²) in [4.78, 5) is 23.7. The van der Waals surface area contributed by atoms with E-state index in [2.05, 4.69) is 16.9 Å². The summed E-state index contributed by atoms with van der Waals surface area (Å²) >= 11 is 0. The van der Waals surface area contributed by atoms with Crippen LogP contribution in [-0.2, 0) is 6.54 Å². The van der Waals surface area contributed by atoms with Crippen molar-refractivity contribution in [2.45, 2.75) is 46.2 Å². The van der Waals surface area contributed by atoms with Crippen LogP contribution in [0.3, 0.4) is 0 Å². The standard InChI is InChI=1S/C20H25N3O2/c1-13-19(11-21-15(3)22-13)20(24)23(14(2)17-7-8-17)12-16-5-9-18(25-4)10-6-16/h5-6,9-11,14,17H,7-8,12H2,1-4H3/t14-/m1/s1. The van der Waals surface area contributed by atoms with Crippen LogP contribution < -0.4 is 4.74 Å². The molecular weight excluding hydrogens is 314 g/mol. The summed E-state index contributed by atoms with van der Waals surface area (Å²) in [5.41, 5.74) is 2.42. The Morgan fingerprint density at radius 1 is 1.28 bits per heavy atom. The molecule has 2 aromatic rings. The molecule has 0 unspecified atom stereocenters. The zero-order valence-corrected chi connectivity index (χ0v) is 15.3. The number of aromatic nitrogens is 2. The van der Waals surface area contributed by atoms with Crippen LogP contribution in [0.4, 0.5) is 0 Å². The van der Waals surface area contributed by atoms with Gasteiger partial charge in [-0.2, -0.15) is 0 Å². The molecule has 3 rings (SSSR count). The molecule has 5 nitrogen and oxygen atoms in total. The van der Waals surface area contributed by atoms with Crippen LogP contribution in [-0.4, -0.2) is 33.9 Å². The van der Waals surface area contributed by atoms with Crippen molar-refractivity contribution in [3.63, 3.8) is 0 Å². The number of carbonyl (C=O) groups excluding carboxylic acids is 1. The molecule has 1 aromatic heterocycles. The maximum Gasteiger partial charge on any atom is 0.257 e. The number of amides is 1. The molecule has 25 heavy (non-hydrogen) atoms. The van der Waals surface area contributed by atoms with E-state index in [-0.39, 0.29) is 11.9 Å². The van der Waals surface area contributed by atoms with Crippen LogP contribution in [0, 0.1) is 19.8 Å². The highest BCUT2D eigenvalue weighted by atomic mass is 16.5. The van der Waals surface area contributed by atoms with Gasteiger partial charge in [0.25, 0.3) is 5.91 Å². The topological polar surface area (TPSA) is 55.3 Å². The minimum absolute atomic E-state index is 0.00715. The van der Waals surface area contributed by atoms with E-state index in [0.29, 0.717) is 23.9 Å². The molecule has 5 heteroatoms. The molecule has 0 radical (unpaired) electrons. The lowest BCUT2D eigenvalue weighted by atomic mass is 10.1. The molecule has 1 heterocycles. The zero-order valence-electron chi connectivity index (χ0n) is 15.3. The number of ether oxygens (including phenoxy) is 1. The Hall–Kier alpha value is -2.43. The predicted molar refractivity (Wildman–Crippen MR) is 96.6 cm³/mol. The Morgan fingerprint density at radius 3 is 2.52 bits per heavy atom. The van der Waals surface area contributed by atoms with Crippen LogP contribution >= 0.6 is 0 Å². The number of nitrogens with zero attached hydrogens (tertiary/aromatic N) is 3. The van der Waals surface area contributed by atoms with Crippen LogP contribution in [0.1, 0.15) is 47.2 Å². The molecule has 1 aliphatic rings. The molecule has 1 aromatic carbocycles. The lowest BCUT2D eigenvalue weighted by Crippen LogP contribution is -2.40. The van der Waals surface area contributed by atoms with Gasteiger partial charge in [0.1, 0.15) is 11.6 Å². The van der Waals surface area contributed by atoms with Gasteiger partial charge in [0, 0.05) is 18.8 Å². The summed E-state index contributed by atoms with van der Waals surface area (Å²) in [6.45, 7) is 6.43. The first-order valence-corrected chi connectivity index (χ1v) is 8.73. The van der Waals surface area contributed by atoms with E-state index in [4.69, 9.17) is 4.74 Å². The Balaban J connectivity index is 1.86. The van der Waals surface area contributed by atoms with Gasteiger partial charge in [0.15, 0.2) is 0 Å². The van der Waals surface area contributed by atoms with Crippen molar-refractivity contribution >= 4 is 5.91 Å². The third-order valence-corrected chi connectivity index (χ3v) is 4.90. The Bertz CT molecular complexity index is 754. The van der Waals surface area contributed by atoms with Crippen molar-refractivity contribution < 1.29 is 9.53 Å². The Morgan fingerprint density at radius 2 is 1.96 bits per heavy atom. The second-order valence-corrected chi connectivity index (χ2v) is 6.78. The van der Waals surface area contributed by atoms with E-state index >= 15 is 0 Å². The number of methoxy groups -OCH3 is 1. The average Bonchev–Trinajstić information content (AvgIpc) is 3.44. The number of carbonyl (C=O) groups is 1. The Kier molecular flexibility index (Phi) is 5.02. The minimum atomic E-state index is 0.00715. The first-order chi connectivity index (χ1) is 12.0. The fourth-order valence-corrected chi connectivity index (χ4v) is 3.11. The molecule has 132 valence electrons. The third kappa shape index (κ3) is 3.98. The van der Waals surface area contributed by atoms with Gasteiger partial charge < -0.3 is 9.64 Å². The molecule has 0 spiro atoms. The maximum atomic E-state index is 13.2. The normalized spacial score (nSPS) is 14.9. The van der Waals surface area contributed by atoms with Gasteiger partial charge in [-0.25, -0.2) is 9.97 Å². The number of rotatable bonds is 6. The van der Waals surface area contributed by atoms with Crippen LogP contribution in [0.5, 0.6) is 5.75 Å². The van der Waals surface area contributed by atoms with Gasteiger partial charge in [0.05, 0.1) is 18.4 Å². The van der Waals surface area contributed by atoms with Crippen molar-refractivity contribution in [1.82, 2.24) is 14.9 Å². The van der Waals surface area contributed by atoms with Crippen LogP contribution in [0.15, 0.2) is 30.5 Å². The lowest BCUT2D eigenvalue weighted by Gasteiger charge is -2.30. The molecule has 0 N–H and O–H groups in total. The van der Waals surface area contributed by atoms with E-state index in [1.807, 2.05) is 43.0 Å². The number of hydrogen-bond acceptors (Lipinski definition) is 4. The minimum Gasteiger partial charge on any atom is -0.497 e. The molecule has 1 fully saturated rings. The molecule has 1 aliphatic carbocycles.